The van der Waals surface area contributed by atoms with E-state index in [9.17, 15) is 9.59 Å². The number of nitrogens with zero attached hydrogens (tertiary/aromatic N) is 1. The number of benzene rings is 1. The Morgan fingerprint density at radius 2 is 2.00 bits per heavy atom. The number of hydrogen-bond acceptors (Lipinski definition) is 2. The third kappa shape index (κ3) is 5.05. The van der Waals surface area contributed by atoms with Gasteiger partial charge in [0.1, 0.15) is 5.56 Å². The molecular weight excluding hydrogens is 347 g/mol. The van der Waals surface area contributed by atoms with Gasteiger partial charge in [0, 0.05) is 23.2 Å². The average Bonchev–Trinajstić information content (AvgIpc) is 2.55. The van der Waals surface area contributed by atoms with E-state index in [1.807, 2.05) is 0 Å². The molecule has 0 saturated carbocycles. The first-order chi connectivity index (χ1) is 11.5. The van der Waals surface area contributed by atoms with Gasteiger partial charge >= 0.3 is 0 Å². The van der Waals surface area contributed by atoms with Crippen LogP contribution in [0.5, 0.6) is 0 Å². The summed E-state index contributed by atoms with van der Waals surface area (Å²) >= 11 is 11.9. The first-order valence-corrected chi connectivity index (χ1v) is 8.52. The molecule has 4 nitrogen and oxygen atoms in total. The van der Waals surface area contributed by atoms with Gasteiger partial charge in [-0.1, -0.05) is 36.5 Å². The number of Topliss-reactive ketones (excluding diaryl/α,β-unsaturated/α-hetero) is 1. The van der Waals surface area contributed by atoms with Crippen molar-refractivity contribution >= 4 is 34.9 Å². The van der Waals surface area contributed by atoms with Gasteiger partial charge in [0.05, 0.1) is 5.02 Å². The summed E-state index contributed by atoms with van der Waals surface area (Å²) in [4.78, 5) is 24.5. The van der Waals surface area contributed by atoms with Crippen LogP contribution in [0.25, 0.3) is 0 Å². The highest BCUT2D eigenvalue weighted by Gasteiger charge is 2.17. The van der Waals surface area contributed by atoms with Crippen molar-refractivity contribution in [3.05, 3.63) is 63.9 Å². The third-order valence-electron chi connectivity index (χ3n) is 3.49. The molecule has 1 N–H and O–H groups in total. The van der Waals surface area contributed by atoms with E-state index in [0.717, 1.165) is 12.8 Å². The summed E-state index contributed by atoms with van der Waals surface area (Å²) in [5.74, 6) is -0.292. The van der Waals surface area contributed by atoms with Gasteiger partial charge in [-0.3, -0.25) is 9.59 Å². The zero-order valence-electron chi connectivity index (χ0n) is 13.4. The summed E-state index contributed by atoms with van der Waals surface area (Å²) in [6.45, 7) is 2.80. The molecule has 24 heavy (non-hydrogen) atoms. The minimum Gasteiger partial charge on any atom is -0.352 e. The highest BCUT2D eigenvalue weighted by molar-refractivity contribution is 6.36. The van der Waals surface area contributed by atoms with Crippen LogP contribution < -0.4 is 9.88 Å². The fourth-order valence-electron chi connectivity index (χ4n) is 2.20. The van der Waals surface area contributed by atoms with Crippen LogP contribution in [0.3, 0.4) is 0 Å². The lowest BCUT2D eigenvalue weighted by Crippen LogP contribution is -2.39. The van der Waals surface area contributed by atoms with Crippen molar-refractivity contribution in [2.24, 2.45) is 0 Å². The van der Waals surface area contributed by atoms with Crippen molar-refractivity contribution in [1.82, 2.24) is 5.32 Å². The highest BCUT2D eigenvalue weighted by atomic mass is 35.5. The minimum atomic E-state index is -0.148. The summed E-state index contributed by atoms with van der Waals surface area (Å²) in [7, 11) is 0. The predicted octanol–water partition coefficient (Wildman–Crippen LogP) is 3.69. The van der Waals surface area contributed by atoms with Crippen molar-refractivity contribution < 1.29 is 14.2 Å². The van der Waals surface area contributed by atoms with E-state index in [0.29, 0.717) is 27.7 Å². The SMILES string of the molecule is CCCCNC(=O)c1ccc[n+](CC(=O)c2ccc(Cl)cc2Cl)c1. The quantitative estimate of drug-likeness (QED) is 0.462. The molecule has 0 aliphatic carbocycles. The first kappa shape index (κ1) is 18.4. The minimum absolute atomic E-state index is 0.0947. The van der Waals surface area contributed by atoms with E-state index < -0.39 is 0 Å². The van der Waals surface area contributed by atoms with Gasteiger partial charge in [0.2, 0.25) is 12.3 Å². The van der Waals surface area contributed by atoms with Gasteiger partial charge in [-0.15, -0.1) is 0 Å². The molecule has 0 unspecified atom stereocenters. The Balaban J connectivity index is 2.08. The third-order valence-corrected chi connectivity index (χ3v) is 4.04. The number of rotatable bonds is 7. The molecule has 0 radical (unpaired) electrons. The van der Waals surface area contributed by atoms with Gasteiger partial charge in [-0.2, -0.15) is 4.57 Å². The van der Waals surface area contributed by atoms with Gasteiger partial charge in [0.15, 0.2) is 12.4 Å². The van der Waals surface area contributed by atoms with Crippen molar-refractivity contribution in [2.75, 3.05) is 6.54 Å². The number of nitrogens with one attached hydrogen (secondary N) is 1. The molecule has 1 aromatic heterocycles. The van der Waals surface area contributed by atoms with Crippen LogP contribution in [-0.4, -0.2) is 18.2 Å². The first-order valence-electron chi connectivity index (χ1n) is 7.77. The maximum Gasteiger partial charge on any atom is 0.257 e. The summed E-state index contributed by atoms with van der Waals surface area (Å²) < 4.78 is 1.67. The molecule has 0 aliphatic heterocycles. The van der Waals surface area contributed by atoms with E-state index in [1.54, 1.807) is 47.3 Å². The zero-order valence-corrected chi connectivity index (χ0v) is 14.9. The van der Waals surface area contributed by atoms with E-state index in [1.165, 1.54) is 0 Å². The maximum absolute atomic E-state index is 12.4. The molecule has 0 aliphatic rings. The van der Waals surface area contributed by atoms with E-state index >= 15 is 0 Å². The molecule has 6 heteroatoms. The Labute approximate surface area is 151 Å². The number of halogens is 2. The maximum atomic E-state index is 12.4. The standard InChI is InChI=1S/C18H18Cl2N2O2/c1-2-3-8-21-18(24)13-5-4-9-22(11-13)12-17(23)15-7-6-14(19)10-16(15)20/h4-7,9-11H,2-3,8,12H2,1H3/p+1. The smallest absolute Gasteiger partial charge is 0.257 e. The van der Waals surface area contributed by atoms with Crippen LogP contribution >= 0.6 is 23.2 Å². The molecule has 1 aromatic carbocycles. The Hall–Kier alpha value is -1.91. The van der Waals surface area contributed by atoms with Crippen LogP contribution in [0.2, 0.25) is 10.0 Å². The fraction of sp³-hybridized carbons (Fsp3) is 0.278. The van der Waals surface area contributed by atoms with Crippen molar-refractivity contribution in [1.29, 1.82) is 0 Å². The molecule has 0 fully saturated rings. The lowest BCUT2D eigenvalue weighted by Gasteiger charge is -2.04. The molecule has 1 amide bonds. The van der Waals surface area contributed by atoms with E-state index in [4.69, 9.17) is 23.2 Å². The van der Waals surface area contributed by atoms with Crippen LogP contribution in [-0.2, 0) is 6.54 Å². The molecule has 0 saturated heterocycles. The summed E-state index contributed by atoms with van der Waals surface area (Å²) in [6, 6.07) is 8.24. The number of carbonyl (C=O) groups is 2. The van der Waals surface area contributed by atoms with Gasteiger partial charge in [0.25, 0.3) is 5.91 Å². The van der Waals surface area contributed by atoms with E-state index in [-0.39, 0.29) is 18.2 Å². The molecule has 126 valence electrons. The number of ketones is 1. The summed E-state index contributed by atoms with van der Waals surface area (Å²) in [5, 5.41) is 3.66. The lowest BCUT2D eigenvalue weighted by molar-refractivity contribution is -0.683. The molecule has 0 atom stereocenters. The molecule has 2 rings (SSSR count). The van der Waals surface area contributed by atoms with Gasteiger partial charge < -0.3 is 5.32 Å². The lowest BCUT2D eigenvalue weighted by atomic mass is 10.1. The Kier molecular flexibility index (Phi) is 6.76. The highest BCUT2D eigenvalue weighted by Crippen LogP contribution is 2.21. The number of aromatic nitrogens is 1. The molecule has 1 heterocycles. The average molecular weight is 366 g/mol. The molecule has 0 bridgehead atoms. The Morgan fingerprint density at radius 1 is 1.21 bits per heavy atom. The van der Waals surface area contributed by atoms with E-state index in [2.05, 4.69) is 12.2 Å². The van der Waals surface area contributed by atoms with Crippen LogP contribution in [0.15, 0.2) is 42.7 Å². The normalized spacial score (nSPS) is 10.5. The van der Waals surface area contributed by atoms with Gasteiger partial charge in [-0.25, -0.2) is 0 Å². The summed E-state index contributed by atoms with van der Waals surface area (Å²) in [5.41, 5.74) is 0.926. The second-order valence-electron chi connectivity index (χ2n) is 5.42. The summed E-state index contributed by atoms with van der Waals surface area (Å²) in [6.07, 6.45) is 5.35. The number of unbranched alkanes of at least 4 members (excludes halogenated alkanes) is 1. The molecular formula is C18H19Cl2N2O2+. The fourth-order valence-corrected chi connectivity index (χ4v) is 2.72. The molecule has 2 aromatic rings. The number of carbonyl (C=O) groups excluding carboxylic acids is 2. The second kappa shape index (κ2) is 8.81. The number of hydrogen-bond donors (Lipinski definition) is 1. The zero-order chi connectivity index (χ0) is 17.5. The largest absolute Gasteiger partial charge is 0.352 e. The predicted molar refractivity (Wildman–Crippen MR) is 94.7 cm³/mol. The van der Waals surface area contributed by atoms with Crippen LogP contribution in [0.4, 0.5) is 0 Å². The van der Waals surface area contributed by atoms with Crippen molar-refractivity contribution in [2.45, 2.75) is 26.3 Å². The monoisotopic (exact) mass is 365 g/mol. The van der Waals surface area contributed by atoms with Crippen molar-refractivity contribution in [3.8, 4) is 0 Å². The van der Waals surface area contributed by atoms with Crippen LogP contribution in [0, 0.1) is 0 Å². The van der Waals surface area contributed by atoms with Gasteiger partial charge in [-0.05, 0) is 30.7 Å². The number of amides is 1. The Bertz CT molecular complexity index is 748. The Morgan fingerprint density at radius 3 is 2.71 bits per heavy atom. The second-order valence-corrected chi connectivity index (χ2v) is 6.27. The van der Waals surface area contributed by atoms with Crippen molar-refractivity contribution in [3.63, 3.8) is 0 Å². The topological polar surface area (TPSA) is 50.1 Å². The van der Waals surface area contributed by atoms with Crippen LogP contribution in [0.1, 0.15) is 40.5 Å². The number of pyridine rings is 1. The molecule has 0 spiro atoms.